The number of ether oxygens (including phenoxy) is 1. The van der Waals surface area contributed by atoms with Crippen molar-refractivity contribution < 1.29 is 31.9 Å². The molecule has 11 heteroatoms. The van der Waals surface area contributed by atoms with Crippen molar-refractivity contribution >= 4 is 22.7 Å². The molecular weight excluding hydrogens is 468 g/mol. The van der Waals surface area contributed by atoms with Gasteiger partial charge in [-0.25, -0.2) is 9.37 Å². The monoisotopic (exact) mass is 492 g/mol. The molecule has 0 bridgehead atoms. The number of alkyl halides is 3. The number of aryl methyl sites for hydroxylation is 1. The number of hydrogen-bond acceptors (Lipinski definition) is 5. The van der Waals surface area contributed by atoms with Gasteiger partial charge in [0.1, 0.15) is 29.3 Å². The number of aromatic amines is 1. The lowest BCUT2D eigenvalue weighted by Crippen LogP contribution is -2.53. The molecule has 7 nitrogen and oxygen atoms in total. The molecule has 1 fully saturated rings. The van der Waals surface area contributed by atoms with Crippen LogP contribution in [0.15, 0.2) is 36.5 Å². The fraction of sp³-hybridized carbons (Fsp3) is 0.417. The summed E-state index contributed by atoms with van der Waals surface area (Å²) in [5.41, 5.74) is 0.789. The van der Waals surface area contributed by atoms with Gasteiger partial charge in [0.15, 0.2) is 0 Å². The average Bonchev–Trinajstić information content (AvgIpc) is 3.22. The number of carbonyl (C=O) groups is 2. The number of H-pyrrole nitrogens is 1. The second-order valence-corrected chi connectivity index (χ2v) is 8.84. The molecule has 1 amide bonds. The van der Waals surface area contributed by atoms with Crippen molar-refractivity contribution in [2.24, 2.45) is 0 Å². The van der Waals surface area contributed by atoms with E-state index in [0.717, 1.165) is 12.4 Å². The molecule has 186 valence electrons. The summed E-state index contributed by atoms with van der Waals surface area (Å²) in [5.74, 6) is -1.31. The van der Waals surface area contributed by atoms with Crippen molar-refractivity contribution in [2.75, 3.05) is 0 Å². The maximum Gasteiger partial charge on any atom is 0.408 e. The first-order valence-corrected chi connectivity index (χ1v) is 11.1. The molecule has 1 aromatic carbocycles. The smallest absolute Gasteiger partial charge is 0.408 e. The van der Waals surface area contributed by atoms with Crippen LogP contribution in [0.25, 0.3) is 11.0 Å². The van der Waals surface area contributed by atoms with Crippen LogP contribution in [-0.2, 0) is 21.4 Å². The molecule has 2 N–H and O–H groups in total. The Morgan fingerprint density at radius 1 is 1.26 bits per heavy atom. The highest BCUT2D eigenvalue weighted by Gasteiger charge is 2.53. The lowest BCUT2D eigenvalue weighted by molar-refractivity contribution is -0.158. The predicted octanol–water partition coefficient (Wildman–Crippen LogP) is 4.16. The highest BCUT2D eigenvalue weighted by molar-refractivity contribution is 5.90. The summed E-state index contributed by atoms with van der Waals surface area (Å²) in [6, 6.07) is 5.72. The van der Waals surface area contributed by atoms with E-state index in [2.05, 4.69) is 15.2 Å². The van der Waals surface area contributed by atoms with E-state index in [-0.39, 0.29) is 43.1 Å². The number of hydrogen-bond donors (Lipinski definition) is 2. The molecule has 0 radical (unpaired) electrons. The quantitative estimate of drug-likeness (QED) is 0.460. The third-order valence-corrected chi connectivity index (χ3v) is 6.45. The largest absolute Gasteiger partial charge is 0.474 e. The fourth-order valence-electron chi connectivity index (χ4n) is 4.47. The Hall–Kier alpha value is -3.50. The first kappa shape index (κ1) is 24.6. The van der Waals surface area contributed by atoms with E-state index in [1.807, 2.05) is 5.32 Å². The summed E-state index contributed by atoms with van der Waals surface area (Å²) in [6.45, 7) is 2.23. The van der Waals surface area contributed by atoms with E-state index >= 15 is 4.39 Å². The SMILES string of the molecule is CC(=O)C1(c2c(F)cccc2CCC(=O)N[C@H](C)C(F)(F)F)CC(Oc2ccc3[nH]ncc3n2)C1. The van der Waals surface area contributed by atoms with Crippen LogP contribution in [-0.4, -0.2) is 45.2 Å². The summed E-state index contributed by atoms with van der Waals surface area (Å²) >= 11 is 0. The van der Waals surface area contributed by atoms with Crippen LogP contribution in [0, 0.1) is 5.82 Å². The van der Waals surface area contributed by atoms with Gasteiger partial charge >= 0.3 is 6.18 Å². The number of benzene rings is 1. The first-order valence-electron chi connectivity index (χ1n) is 11.1. The maximum absolute atomic E-state index is 15.0. The van der Waals surface area contributed by atoms with Gasteiger partial charge in [-0.2, -0.15) is 18.3 Å². The number of nitrogens with one attached hydrogen (secondary N) is 2. The molecule has 0 spiro atoms. The Bertz CT molecular complexity index is 1250. The Kier molecular flexibility index (Phi) is 6.52. The molecule has 1 saturated carbocycles. The van der Waals surface area contributed by atoms with Gasteiger partial charge < -0.3 is 10.1 Å². The molecule has 4 rings (SSSR count). The molecule has 1 atom stereocenters. The number of Topliss-reactive ketones (excluding diaryl/α,β-unsaturated/α-hetero) is 1. The van der Waals surface area contributed by atoms with Crippen molar-refractivity contribution in [3.63, 3.8) is 0 Å². The Morgan fingerprint density at radius 3 is 2.69 bits per heavy atom. The molecular formula is C24H24F4N4O3. The van der Waals surface area contributed by atoms with Crippen LogP contribution >= 0.6 is 0 Å². The zero-order valence-corrected chi connectivity index (χ0v) is 19.1. The van der Waals surface area contributed by atoms with Gasteiger partial charge in [-0.05, 0) is 38.0 Å². The molecule has 1 aliphatic carbocycles. The second kappa shape index (κ2) is 9.27. The molecule has 1 aliphatic rings. The number of nitrogens with zero attached hydrogens (tertiary/aromatic N) is 2. The second-order valence-electron chi connectivity index (χ2n) is 8.84. The number of rotatable bonds is 8. The van der Waals surface area contributed by atoms with Gasteiger partial charge in [0.05, 0.1) is 17.1 Å². The maximum atomic E-state index is 15.0. The van der Waals surface area contributed by atoms with Crippen molar-refractivity contribution in [2.45, 2.75) is 63.3 Å². The highest BCUT2D eigenvalue weighted by Crippen LogP contribution is 2.48. The lowest BCUT2D eigenvalue weighted by Gasteiger charge is -2.46. The van der Waals surface area contributed by atoms with Gasteiger partial charge in [-0.1, -0.05) is 12.1 Å². The van der Waals surface area contributed by atoms with Gasteiger partial charge in [0.2, 0.25) is 11.8 Å². The third-order valence-electron chi connectivity index (χ3n) is 6.45. The van der Waals surface area contributed by atoms with Crippen LogP contribution < -0.4 is 10.1 Å². The highest BCUT2D eigenvalue weighted by atomic mass is 19.4. The number of halogens is 4. The van der Waals surface area contributed by atoms with Gasteiger partial charge in [0, 0.05) is 30.9 Å². The minimum atomic E-state index is -4.56. The Balaban J connectivity index is 1.49. The fourth-order valence-corrected chi connectivity index (χ4v) is 4.47. The Labute approximate surface area is 198 Å². The zero-order chi connectivity index (χ0) is 25.4. The summed E-state index contributed by atoms with van der Waals surface area (Å²) in [4.78, 5) is 29.1. The number of carbonyl (C=O) groups excluding carboxylic acids is 2. The Morgan fingerprint density at radius 2 is 2.00 bits per heavy atom. The van der Waals surface area contributed by atoms with Gasteiger partial charge in [0.25, 0.3) is 0 Å². The van der Waals surface area contributed by atoms with E-state index in [9.17, 15) is 22.8 Å². The van der Waals surface area contributed by atoms with Gasteiger partial charge in [-0.15, -0.1) is 0 Å². The molecule has 2 aromatic heterocycles. The summed E-state index contributed by atoms with van der Waals surface area (Å²) in [5, 5.41) is 8.59. The van der Waals surface area contributed by atoms with Crippen molar-refractivity contribution in [1.29, 1.82) is 0 Å². The van der Waals surface area contributed by atoms with Crippen LogP contribution in [0.1, 0.15) is 44.2 Å². The van der Waals surface area contributed by atoms with Crippen molar-refractivity contribution in [1.82, 2.24) is 20.5 Å². The van der Waals surface area contributed by atoms with E-state index < -0.39 is 29.4 Å². The topological polar surface area (TPSA) is 97.0 Å². The number of fused-ring (bicyclic) bond motifs is 1. The zero-order valence-electron chi connectivity index (χ0n) is 19.1. The summed E-state index contributed by atoms with van der Waals surface area (Å²) < 4.78 is 59.1. The van der Waals surface area contributed by atoms with Crippen LogP contribution in [0.2, 0.25) is 0 Å². The number of amides is 1. The molecule has 0 saturated heterocycles. The predicted molar refractivity (Wildman–Crippen MR) is 118 cm³/mol. The van der Waals surface area contributed by atoms with E-state index in [4.69, 9.17) is 4.74 Å². The average molecular weight is 492 g/mol. The summed E-state index contributed by atoms with van der Waals surface area (Å²) in [6.07, 6.45) is -3.27. The lowest BCUT2D eigenvalue weighted by atomic mass is 9.59. The van der Waals surface area contributed by atoms with E-state index in [0.29, 0.717) is 17.0 Å². The molecule has 35 heavy (non-hydrogen) atoms. The molecule has 3 aromatic rings. The normalized spacial score (nSPS) is 20.8. The van der Waals surface area contributed by atoms with E-state index in [1.54, 1.807) is 24.4 Å². The standard InChI is InChI=1S/C24H24F4N4O3/c1-13(24(26,27)28)30-20(34)8-6-15-4-3-5-17(25)22(15)23(14(2)33)10-16(11-23)35-21-9-7-18-19(31-21)12-29-32-18/h3-5,7,9,12-13,16H,6,8,10-11H2,1-2H3,(H,29,32)(H,30,34)/t13-,16?,23?/m1/s1. The first-order chi connectivity index (χ1) is 16.5. The minimum Gasteiger partial charge on any atom is -0.474 e. The number of ketones is 1. The summed E-state index contributed by atoms with van der Waals surface area (Å²) in [7, 11) is 0. The van der Waals surface area contributed by atoms with Crippen LogP contribution in [0.5, 0.6) is 5.88 Å². The number of aromatic nitrogens is 3. The van der Waals surface area contributed by atoms with Crippen molar-refractivity contribution in [3.05, 3.63) is 53.5 Å². The third kappa shape index (κ3) is 4.98. The van der Waals surface area contributed by atoms with Gasteiger partial charge in [-0.3, -0.25) is 14.7 Å². The minimum absolute atomic E-state index is 0.0111. The molecule has 0 unspecified atom stereocenters. The van der Waals surface area contributed by atoms with E-state index in [1.165, 1.54) is 19.1 Å². The van der Waals surface area contributed by atoms with Crippen LogP contribution in [0.4, 0.5) is 17.6 Å². The molecule has 2 heterocycles. The van der Waals surface area contributed by atoms with Crippen LogP contribution in [0.3, 0.4) is 0 Å². The molecule has 0 aliphatic heterocycles. The van der Waals surface area contributed by atoms with Crippen molar-refractivity contribution in [3.8, 4) is 5.88 Å². The number of pyridine rings is 1.